The number of benzene rings is 1. The third kappa shape index (κ3) is 4.49. The Hall–Kier alpha value is -0.860. The predicted octanol–water partition coefficient (Wildman–Crippen LogP) is 2.97. The van der Waals surface area contributed by atoms with Crippen molar-refractivity contribution < 1.29 is 4.74 Å². The van der Waals surface area contributed by atoms with Crippen molar-refractivity contribution in [3.8, 4) is 0 Å². The van der Waals surface area contributed by atoms with Gasteiger partial charge in [0.05, 0.1) is 6.61 Å². The summed E-state index contributed by atoms with van der Waals surface area (Å²) in [6.45, 7) is 9.49. The highest BCUT2D eigenvalue weighted by Crippen LogP contribution is 2.26. The zero-order valence-corrected chi connectivity index (χ0v) is 11.5. The van der Waals surface area contributed by atoms with Gasteiger partial charge in [-0.2, -0.15) is 0 Å². The topological polar surface area (TPSA) is 21.3 Å². The van der Waals surface area contributed by atoms with Crippen LogP contribution in [0.3, 0.4) is 0 Å². The van der Waals surface area contributed by atoms with Gasteiger partial charge in [0.1, 0.15) is 0 Å². The minimum atomic E-state index is 0.577. The van der Waals surface area contributed by atoms with E-state index >= 15 is 0 Å². The molecular formula is C15H25NO. The molecule has 0 aliphatic rings. The molecule has 0 aliphatic carbocycles. The molecule has 0 radical (unpaired) electrons. The van der Waals surface area contributed by atoms with Gasteiger partial charge in [0.15, 0.2) is 0 Å². The average molecular weight is 235 g/mol. The molecule has 0 fully saturated rings. The van der Waals surface area contributed by atoms with Crippen molar-refractivity contribution in [1.82, 2.24) is 5.32 Å². The van der Waals surface area contributed by atoms with E-state index in [0.29, 0.717) is 11.8 Å². The summed E-state index contributed by atoms with van der Waals surface area (Å²) in [6.07, 6.45) is 0. The molecule has 0 saturated heterocycles. The summed E-state index contributed by atoms with van der Waals surface area (Å²) < 4.78 is 5.05. The maximum absolute atomic E-state index is 5.05. The Morgan fingerprint density at radius 1 is 1.24 bits per heavy atom. The van der Waals surface area contributed by atoms with Gasteiger partial charge in [-0.05, 0) is 29.9 Å². The molecule has 1 rings (SSSR count). The maximum atomic E-state index is 5.05. The summed E-state index contributed by atoms with van der Waals surface area (Å²) in [6, 6.07) is 8.68. The van der Waals surface area contributed by atoms with Gasteiger partial charge in [0, 0.05) is 20.2 Å². The lowest BCUT2D eigenvalue weighted by molar-refractivity contribution is 0.198. The molecule has 1 N–H and O–H groups in total. The van der Waals surface area contributed by atoms with Crippen molar-refractivity contribution in [2.24, 2.45) is 5.92 Å². The molecule has 0 aliphatic heterocycles. The summed E-state index contributed by atoms with van der Waals surface area (Å²) >= 11 is 0. The van der Waals surface area contributed by atoms with Crippen LogP contribution in [0.1, 0.15) is 30.9 Å². The van der Waals surface area contributed by atoms with E-state index in [0.717, 1.165) is 19.7 Å². The molecule has 2 heteroatoms. The first-order chi connectivity index (χ1) is 8.16. The zero-order valence-electron chi connectivity index (χ0n) is 11.5. The van der Waals surface area contributed by atoms with Gasteiger partial charge in [-0.3, -0.25) is 0 Å². The molecule has 96 valence electrons. The Labute approximate surface area is 105 Å². The van der Waals surface area contributed by atoms with Crippen LogP contribution in [0, 0.1) is 12.8 Å². The summed E-state index contributed by atoms with van der Waals surface area (Å²) in [7, 11) is 1.74. The smallest absolute Gasteiger partial charge is 0.0587 e. The lowest BCUT2D eigenvalue weighted by atomic mass is 9.86. The zero-order chi connectivity index (χ0) is 12.7. The van der Waals surface area contributed by atoms with E-state index < -0.39 is 0 Å². The van der Waals surface area contributed by atoms with Crippen LogP contribution in [-0.4, -0.2) is 26.8 Å². The number of ether oxygens (including phenoxy) is 1. The minimum Gasteiger partial charge on any atom is -0.383 e. The number of nitrogens with one attached hydrogen (secondary N) is 1. The van der Waals surface area contributed by atoms with Crippen LogP contribution >= 0.6 is 0 Å². The Balaban J connectivity index is 2.63. The standard InChI is InChI=1S/C15H25NO/c1-12(2)15(11-16-9-10-17-4)14-8-6-5-7-13(14)3/h5-8,12,15-16H,9-11H2,1-4H3. The monoisotopic (exact) mass is 235 g/mol. The van der Waals surface area contributed by atoms with E-state index in [2.05, 4.69) is 50.4 Å². The van der Waals surface area contributed by atoms with Gasteiger partial charge < -0.3 is 10.1 Å². The highest BCUT2D eigenvalue weighted by molar-refractivity contribution is 5.29. The van der Waals surface area contributed by atoms with E-state index in [1.165, 1.54) is 11.1 Å². The Kier molecular flexibility index (Phi) is 6.23. The molecule has 0 spiro atoms. The molecule has 1 aromatic rings. The number of methoxy groups -OCH3 is 1. The van der Waals surface area contributed by atoms with Crippen LogP contribution < -0.4 is 5.32 Å². The number of aryl methyl sites for hydroxylation is 1. The van der Waals surface area contributed by atoms with E-state index in [1.54, 1.807) is 7.11 Å². The van der Waals surface area contributed by atoms with Crippen molar-refractivity contribution in [2.75, 3.05) is 26.8 Å². The van der Waals surface area contributed by atoms with E-state index in [-0.39, 0.29) is 0 Å². The van der Waals surface area contributed by atoms with Crippen molar-refractivity contribution in [3.05, 3.63) is 35.4 Å². The molecule has 0 amide bonds. The first-order valence-corrected chi connectivity index (χ1v) is 6.42. The Bertz CT molecular complexity index is 322. The van der Waals surface area contributed by atoms with Gasteiger partial charge in [0.25, 0.3) is 0 Å². The van der Waals surface area contributed by atoms with Crippen LogP contribution in [-0.2, 0) is 4.74 Å². The Morgan fingerprint density at radius 2 is 1.94 bits per heavy atom. The van der Waals surface area contributed by atoms with Crippen molar-refractivity contribution >= 4 is 0 Å². The van der Waals surface area contributed by atoms with Gasteiger partial charge in [-0.25, -0.2) is 0 Å². The second-order valence-corrected chi connectivity index (χ2v) is 4.90. The van der Waals surface area contributed by atoms with Crippen molar-refractivity contribution in [1.29, 1.82) is 0 Å². The third-order valence-electron chi connectivity index (χ3n) is 3.24. The quantitative estimate of drug-likeness (QED) is 0.734. The van der Waals surface area contributed by atoms with Crippen LogP contribution in [0.15, 0.2) is 24.3 Å². The van der Waals surface area contributed by atoms with Gasteiger partial charge in [0.2, 0.25) is 0 Å². The van der Waals surface area contributed by atoms with Crippen LogP contribution in [0.2, 0.25) is 0 Å². The summed E-state index contributed by atoms with van der Waals surface area (Å²) in [5, 5.41) is 3.47. The molecule has 0 heterocycles. The van der Waals surface area contributed by atoms with Crippen molar-refractivity contribution in [2.45, 2.75) is 26.7 Å². The van der Waals surface area contributed by atoms with Crippen LogP contribution in [0.5, 0.6) is 0 Å². The molecular weight excluding hydrogens is 210 g/mol. The third-order valence-corrected chi connectivity index (χ3v) is 3.24. The molecule has 2 nitrogen and oxygen atoms in total. The van der Waals surface area contributed by atoms with Crippen molar-refractivity contribution in [3.63, 3.8) is 0 Å². The first kappa shape index (κ1) is 14.2. The lowest BCUT2D eigenvalue weighted by Crippen LogP contribution is -2.27. The molecule has 0 saturated carbocycles. The Morgan fingerprint density at radius 3 is 2.53 bits per heavy atom. The number of hydrogen-bond donors (Lipinski definition) is 1. The number of rotatable bonds is 7. The molecule has 1 aromatic carbocycles. The lowest BCUT2D eigenvalue weighted by Gasteiger charge is -2.23. The first-order valence-electron chi connectivity index (χ1n) is 6.42. The molecule has 17 heavy (non-hydrogen) atoms. The van der Waals surface area contributed by atoms with Gasteiger partial charge >= 0.3 is 0 Å². The summed E-state index contributed by atoms with van der Waals surface area (Å²) in [5.41, 5.74) is 2.85. The largest absolute Gasteiger partial charge is 0.383 e. The highest BCUT2D eigenvalue weighted by Gasteiger charge is 2.16. The van der Waals surface area contributed by atoms with Gasteiger partial charge in [-0.15, -0.1) is 0 Å². The SMILES string of the molecule is COCCNCC(c1ccccc1C)C(C)C. The fourth-order valence-electron chi connectivity index (χ4n) is 2.14. The summed E-state index contributed by atoms with van der Waals surface area (Å²) in [5.74, 6) is 1.22. The average Bonchev–Trinajstić information content (AvgIpc) is 2.30. The normalized spacial score (nSPS) is 13.0. The molecule has 0 aromatic heterocycles. The fourth-order valence-corrected chi connectivity index (χ4v) is 2.14. The second-order valence-electron chi connectivity index (χ2n) is 4.90. The maximum Gasteiger partial charge on any atom is 0.0587 e. The van der Waals surface area contributed by atoms with E-state index in [1.807, 2.05) is 0 Å². The highest BCUT2D eigenvalue weighted by atomic mass is 16.5. The molecule has 0 bridgehead atoms. The van der Waals surface area contributed by atoms with E-state index in [9.17, 15) is 0 Å². The van der Waals surface area contributed by atoms with Gasteiger partial charge in [-0.1, -0.05) is 38.1 Å². The van der Waals surface area contributed by atoms with Crippen LogP contribution in [0.4, 0.5) is 0 Å². The predicted molar refractivity (Wildman–Crippen MR) is 73.5 cm³/mol. The molecule has 1 unspecified atom stereocenters. The van der Waals surface area contributed by atoms with E-state index in [4.69, 9.17) is 4.74 Å². The van der Waals surface area contributed by atoms with Crippen LogP contribution in [0.25, 0.3) is 0 Å². The fraction of sp³-hybridized carbons (Fsp3) is 0.600. The number of hydrogen-bond acceptors (Lipinski definition) is 2. The minimum absolute atomic E-state index is 0.577. The molecule has 1 atom stereocenters. The second kappa shape index (κ2) is 7.46. The summed E-state index contributed by atoms with van der Waals surface area (Å²) in [4.78, 5) is 0.